The molecule has 0 aromatic carbocycles. The summed E-state index contributed by atoms with van der Waals surface area (Å²) in [6, 6.07) is 8.97. The van der Waals surface area contributed by atoms with Crippen LogP contribution in [-0.4, -0.2) is 19.5 Å². The normalized spacial score (nSPS) is 13.4. The molecule has 220 valence electrons. The maximum atomic E-state index is 5.58. The molecule has 0 saturated heterocycles. The highest BCUT2D eigenvalue weighted by atomic mass is 15.0. The third-order valence-corrected chi connectivity index (χ3v) is 9.26. The number of nitrogens with zero attached hydrogens (tertiary/aromatic N) is 3. The van der Waals surface area contributed by atoms with Gasteiger partial charge in [0, 0.05) is 34.2 Å². The Bertz CT molecular complexity index is 1770. The van der Waals surface area contributed by atoms with E-state index in [1.165, 1.54) is 50.0 Å². The summed E-state index contributed by atoms with van der Waals surface area (Å²) in [7, 11) is 0. The standard InChI is InChI=1S/C38H48N4/c1-10-25-27(12-3)35-31(16-7)36-28(13-4)29(14-5)37(41-36)32(17-8)38-30(15-6)26(11-2)34(42(38)18-9)22-24-20-19-23(39-24)21-33(25)40-35/h17,19-22,39H,8,10-16,18H2,1-7,9H3. The summed E-state index contributed by atoms with van der Waals surface area (Å²) >= 11 is 0. The number of nitrogens with one attached hydrogen (secondary N) is 1. The number of H-pyrrole nitrogens is 1. The number of aryl methyl sites for hydroxylation is 3. The Morgan fingerprint density at radius 3 is 1.74 bits per heavy atom. The van der Waals surface area contributed by atoms with Crippen molar-refractivity contribution in [1.29, 1.82) is 0 Å². The highest BCUT2D eigenvalue weighted by Crippen LogP contribution is 2.43. The molecule has 0 aliphatic carbocycles. The number of aromatic amines is 1. The van der Waals surface area contributed by atoms with E-state index in [2.05, 4.69) is 102 Å². The van der Waals surface area contributed by atoms with Crippen LogP contribution in [0.1, 0.15) is 126 Å². The van der Waals surface area contributed by atoms with E-state index >= 15 is 0 Å². The number of fused-ring (bicyclic) bond motifs is 8. The fourth-order valence-corrected chi connectivity index (χ4v) is 7.43. The van der Waals surface area contributed by atoms with Crippen LogP contribution in [0.5, 0.6) is 0 Å². The number of hydrogen-bond acceptors (Lipinski definition) is 2. The Hall–Kier alpha value is -3.66. The molecule has 2 aliphatic heterocycles. The molecule has 1 N–H and O–H groups in total. The molecule has 3 aromatic rings. The van der Waals surface area contributed by atoms with E-state index in [4.69, 9.17) is 9.97 Å². The minimum Gasteiger partial charge on any atom is -0.355 e. The van der Waals surface area contributed by atoms with E-state index in [1.54, 1.807) is 0 Å². The Kier molecular flexibility index (Phi) is 8.73. The molecular weight excluding hydrogens is 512 g/mol. The summed E-state index contributed by atoms with van der Waals surface area (Å²) in [6.07, 6.45) is 8.70. The molecule has 0 amide bonds. The highest BCUT2D eigenvalue weighted by molar-refractivity contribution is 6.00. The molecular formula is C38H48N4. The quantitative estimate of drug-likeness (QED) is 0.283. The van der Waals surface area contributed by atoms with Gasteiger partial charge in [-0.1, -0.05) is 61.1 Å². The van der Waals surface area contributed by atoms with Gasteiger partial charge in [0.25, 0.3) is 0 Å². The SMILES string of the molecule is C=Cc1c2nc(c(CC)c3nc(cc4ccc(cc5c(CC)c(CC)c1n5CC)[nH]4)C(CC)=C3CC)C(CC)=C2CC. The average Bonchev–Trinajstić information content (AvgIpc) is 3.76. The number of hydrogen-bond donors (Lipinski definition) is 1. The van der Waals surface area contributed by atoms with Gasteiger partial charge in [0.05, 0.1) is 28.3 Å². The Morgan fingerprint density at radius 2 is 1.19 bits per heavy atom. The van der Waals surface area contributed by atoms with Crippen molar-refractivity contribution in [2.75, 3.05) is 0 Å². The lowest BCUT2D eigenvalue weighted by molar-refractivity contribution is 0.821. The van der Waals surface area contributed by atoms with Crippen LogP contribution in [0, 0.1) is 0 Å². The van der Waals surface area contributed by atoms with Crippen LogP contribution in [0.3, 0.4) is 0 Å². The first-order valence-electron chi connectivity index (χ1n) is 16.3. The van der Waals surface area contributed by atoms with Crippen LogP contribution < -0.4 is 0 Å². The molecule has 4 heteroatoms. The van der Waals surface area contributed by atoms with E-state index in [0.29, 0.717) is 0 Å². The van der Waals surface area contributed by atoms with Crippen molar-refractivity contribution in [1.82, 2.24) is 19.5 Å². The molecule has 4 nitrogen and oxygen atoms in total. The van der Waals surface area contributed by atoms with Gasteiger partial charge in [-0.25, -0.2) is 9.97 Å². The first-order chi connectivity index (χ1) is 20.4. The largest absolute Gasteiger partial charge is 0.355 e. The van der Waals surface area contributed by atoms with E-state index < -0.39 is 0 Å². The zero-order valence-corrected chi connectivity index (χ0v) is 27.1. The van der Waals surface area contributed by atoms with E-state index in [0.717, 1.165) is 90.9 Å². The summed E-state index contributed by atoms with van der Waals surface area (Å²) in [5, 5.41) is 0. The number of rotatable bonds is 9. The molecule has 3 aromatic heterocycles. The molecule has 0 saturated carbocycles. The van der Waals surface area contributed by atoms with Gasteiger partial charge < -0.3 is 9.55 Å². The fraction of sp³-hybridized carbons (Fsp3) is 0.421. The molecule has 0 unspecified atom stereocenters. The maximum absolute atomic E-state index is 5.58. The van der Waals surface area contributed by atoms with Crippen LogP contribution in [0.25, 0.3) is 50.4 Å². The van der Waals surface area contributed by atoms with Gasteiger partial charge >= 0.3 is 0 Å². The predicted octanol–water partition coefficient (Wildman–Crippen LogP) is 10.6. The van der Waals surface area contributed by atoms with Crippen molar-refractivity contribution in [3.8, 4) is 0 Å². The van der Waals surface area contributed by atoms with Crippen LogP contribution in [-0.2, 0) is 25.8 Å². The van der Waals surface area contributed by atoms with Crippen molar-refractivity contribution in [3.63, 3.8) is 0 Å². The average molecular weight is 561 g/mol. The van der Waals surface area contributed by atoms with Crippen LogP contribution in [0.2, 0.25) is 0 Å². The van der Waals surface area contributed by atoms with E-state index in [1.807, 2.05) is 0 Å². The molecule has 8 bridgehead atoms. The second-order valence-corrected chi connectivity index (χ2v) is 11.2. The molecule has 5 rings (SSSR count). The number of allylic oxidation sites excluding steroid dienone is 4. The summed E-state index contributed by atoms with van der Waals surface area (Å²) in [5.41, 5.74) is 19.9. The van der Waals surface area contributed by atoms with Crippen molar-refractivity contribution >= 4 is 50.4 Å². The minimum atomic E-state index is 0.881. The van der Waals surface area contributed by atoms with Crippen molar-refractivity contribution in [2.45, 2.75) is 107 Å². The second kappa shape index (κ2) is 12.3. The van der Waals surface area contributed by atoms with Gasteiger partial charge in [0.2, 0.25) is 0 Å². The highest BCUT2D eigenvalue weighted by Gasteiger charge is 2.28. The van der Waals surface area contributed by atoms with E-state index in [-0.39, 0.29) is 0 Å². The fourth-order valence-electron chi connectivity index (χ4n) is 7.43. The van der Waals surface area contributed by atoms with Crippen molar-refractivity contribution < 1.29 is 0 Å². The summed E-state index contributed by atoms with van der Waals surface area (Å²) in [5.74, 6) is 0. The monoisotopic (exact) mass is 560 g/mol. The summed E-state index contributed by atoms with van der Waals surface area (Å²) < 4.78 is 2.50. The third kappa shape index (κ3) is 4.60. The van der Waals surface area contributed by atoms with Gasteiger partial charge in [-0.2, -0.15) is 0 Å². The minimum absolute atomic E-state index is 0.881. The van der Waals surface area contributed by atoms with Crippen LogP contribution in [0.15, 0.2) is 30.8 Å². The maximum Gasteiger partial charge on any atom is 0.0765 e. The lowest BCUT2D eigenvalue weighted by atomic mass is 9.92. The Balaban J connectivity index is 2.15. The van der Waals surface area contributed by atoms with Gasteiger partial charge in [0.15, 0.2) is 0 Å². The van der Waals surface area contributed by atoms with Gasteiger partial charge in [-0.3, -0.25) is 0 Å². The summed E-state index contributed by atoms with van der Waals surface area (Å²) in [6.45, 7) is 23.4. The molecule has 0 atom stereocenters. The van der Waals surface area contributed by atoms with E-state index in [9.17, 15) is 0 Å². The second-order valence-electron chi connectivity index (χ2n) is 11.2. The summed E-state index contributed by atoms with van der Waals surface area (Å²) in [4.78, 5) is 14.6. The van der Waals surface area contributed by atoms with Gasteiger partial charge in [0.1, 0.15) is 0 Å². The van der Waals surface area contributed by atoms with Crippen LogP contribution >= 0.6 is 0 Å². The lowest BCUT2D eigenvalue weighted by Gasteiger charge is -2.11. The topological polar surface area (TPSA) is 46.5 Å². The molecule has 0 radical (unpaired) electrons. The van der Waals surface area contributed by atoms with Gasteiger partial charge in [-0.15, -0.1) is 0 Å². The third-order valence-electron chi connectivity index (χ3n) is 9.26. The molecule has 0 spiro atoms. The van der Waals surface area contributed by atoms with Crippen LogP contribution in [0.4, 0.5) is 0 Å². The van der Waals surface area contributed by atoms with Gasteiger partial charge in [-0.05, 0) is 110 Å². The molecule has 0 fully saturated rings. The van der Waals surface area contributed by atoms with Crippen molar-refractivity contribution in [2.24, 2.45) is 0 Å². The zero-order chi connectivity index (χ0) is 30.1. The predicted molar refractivity (Wildman–Crippen MR) is 183 cm³/mol. The number of aromatic nitrogens is 4. The zero-order valence-electron chi connectivity index (χ0n) is 27.1. The molecule has 42 heavy (non-hydrogen) atoms. The molecule has 5 heterocycles. The van der Waals surface area contributed by atoms with Crippen molar-refractivity contribution in [3.05, 3.63) is 75.9 Å². The Labute approximate surface area is 252 Å². The Morgan fingerprint density at radius 1 is 0.643 bits per heavy atom. The first kappa shape index (κ1) is 29.8. The lowest BCUT2D eigenvalue weighted by Crippen LogP contribution is -1.98. The first-order valence-corrected chi connectivity index (χ1v) is 16.3. The smallest absolute Gasteiger partial charge is 0.0765 e. The molecule has 2 aliphatic rings.